The van der Waals surface area contributed by atoms with Crippen molar-refractivity contribution in [3.8, 4) is 0 Å². The molecular weight excluding hydrogens is 327 g/mol. The molecule has 132 valence electrons. The Morgan fingerprint density at radius 3 is 2.84 bits per heavy atom. The number of ether oxygens (including phenoxy) is 1. The highest BCUT2D eigenvalue weighted by molar-refractivity contribution is 6.08. The first-order chi connectivity index (χ1) is 12.1. The van der Waals surface area contributed by atoms with E-state index in [1.54, 1.807) is 0 Å². The Hall–Kier alpha value is -2.67. The van der Waals surface area contributed by atoms with Gasteiger partial charge in [0.25, 0.3) is 11.8 Å². The minimum atomic E-state index is -0.543. The fourth-order valence-electron chi connectivity index (χ4n) is 2.72. The van der Waals surface area contributed by atoms with Gasteiger partial charge in [-0.3, -0.25) is 9.59 Å². The first kappa shape index (κ1) is 17.2. The molecule has 2 N–H and O–H groups in total. The standard InChI is InChI=1S/C18H19FN2O4/c19-13-3-4-15(18(23)20-7-5-14-2-1-8-25-14)16(10-13)21-17(22)12-6-9-24-11-12/h3-4,6,9-11,14H,1-2,5,7-8H2,(H,20,23)(H,21,22). The van der Waals surface area contributed by atoms with Gasteiger partial charge in [0.2, 0.25) is 0 Å². The summed E-state index contributed by atoms with van der Waals surface area (Å²) in [7, 11) is 0. The Morgan fingerprint density at radius 2 is 2.12 bits per heavy atom. The highest BCUT2D eigenvalue weighted by Crippen LogP contribution is 2.19. The van der Waals surface area contributed by atoms with Crippen LogP contribution in [0.2, 0.25) is 0 Å². The number of amides is 2. The van der Waals surface area contributed by atoms with Gasteiger partial charge in [-0.25, -0.2) is 4.39 Å². The molecule has 1 aliphatic rings. The topological polar surface area (TPSA) is 80.6 Å². The minimum absolute atomic E-state index is 0.112. The third-order valence-corrected chi connectivity index (χ3v) is 4.03. The molecule has 0 spiro atoms. The Labute approximate surface area is 144 Å². The number of carbonyl (C=O) groups excluding carboxylic acids is 2. The summed E-state index contributed by atoms with van der Waals surface area (Å²) in [5.41, 5.74) is 0.598. The van der Waals surface area contributed by atoms with E-state index < -0.39 is 11.7 Å². The van der Waals surface area contributed by atoms with E-state index in [0.717, 1.165) is 31.9 Å². The fraction of sp³-hybridized carbons (Fsp3) is 0.333. The normalized spacial score (nSPS) is 16.6. The number of furan rings is 1. The van der Waals surface area contributed by atoms with Crippen LogP contribution >= 0.6 is 0 Å². The molecule has 2 heterocycles. The average molecular weight is 346 g/mol. The van der Waals surface area contributed by atoms with Gasteiger partial charge in [-0.05, 0) is 43.5 Å². The zero-order valence-electron chi connectivity index (χ0n) is 13.6. The molecule has 2 aromatic rings. The molecule has 2 amide bonds. The van der Waals surface area contributed by atoms with Gasteiger partial charge in [-0.1, -0.05) is 0 Å². The summed E-state index contributed by atoms with van der Waals surface area (Å²) in [5.74, 6) is -1.40. The molecule has 7 heteroatoms. The molecule has 0 bridgehead atoms. The first-order valence-corrected chi connectivity index (χ1v) is 8.16. The van der Waals surface area contributed by atoms with Crippen molar-refractivity contribution in [3.63, 3.8) is 0 Å². The highest BCUT2D eigenvalue weighted by Gasteiger charge is 2.18. The maximum atomic E-state index is 13.5. The third-order valence-electron chi connectivity index (χ3n) is 4.03. The number of nitrogens with one attached hydrogen (secondary N) is 2. The highest BCUT2D eigenvalue weighted by atomic mass is 19.1. The van der Waals surface area contributed by atoms with Crippen LogP contribution in [-0.2, 0) is 4.74 Å². The van der Waals surface area contributed by atoms with Crippen molar-refractivity contribution in [2.75, 3.05) is 18.5 Å². The summed E-state index contributed by atoms with van der Waals surface area (Å²) in [6, 6.07) is 5.13. The van der Waals surface area contributed by atoms with Crippen LogP contribution in [0.25, 0.3) is 0 Å². The number of halogens is 1. The van der Waals surface area contributed by atoms with Crippen LogP contribution in [0.1, 0.15) is 40.0 Å². The summed E-state index contributed by atoms with van der Waals surface area (Å²) >= 11 is 0. The zero-order valence-corrected chi connectivity index (χ0v) is 13.6. The van der Waals surface area contributed by atoms with E-state index in [2.05, 4.69) is 10.6 Å². The predicted molar refractivity (Wildman–Crippen MR) is 89.0 cm³/mol. The number of benzene rings is 1. The summed E-state index contributed by atoms with van der Waals surface area (Å²) in [6.45, 7) is 1.22. The van der Waals surface area contributed by atoms with Crippen molar-refractivity contribution < 1.29 is 23.1 Å². The number of hydrogen-bond acceptors (Lipinski definition) is 4. The molecule has 1 fully saturated rings. The predicted octanol–water partition coefficient (Wildman–Crippen LogP) is 2.97. The second kappa shape index (κ2) is 7.94. The quantitative estimate of drug-likeness (QED) is 0.843. The van der Waals surface area contributed by atoms with Crippen LogP contribution < -0.4 is 10.6 Å². The lowest BCUT2D eigenvalue weighted by molar-refractivity contribution is 0.0908. The minimum Gasteiger partial charge on any atom is -0.472 e. The van der Waals surface area contributed by atoms with E-state index in [1.165, 1.54) is 30.7 Å². The lowest BCUT2D eigenvalue weighted by Crippen LogP contribution is -2.28. The van der Waals surface area contributed by atoms with E-state index in [9.17, 15) is 14.0 Å². The van der Waals surface area contributed by atoms with Crippen LogP contribution in [0, 0.1) is 5.82 Å². The summed E-state index contributed by atoms with van der Waals surface area (Å²) in [4.78, 5) is 24.5. The number of hydrogen-bond donors (Lipinski definition) is 2. The second-order valence-corrected chi connectivity index (χ2v) is 5.84. The van der Waals surface area contributed by atoms with Crippen molar-refractivity contribution in [2.24, 2.45) is 0 Å². The van der Waals surface area contributed by atoms with Gasteiger partial charge in [0.05, 0.1) is 29.2 Å². The van der Waals surface area contributed by atoms with Crippen molar-refractivity contribution in [2.45, 2.75) is 25.4 Å². The molecule has 0 radical (unpaired) electrons. The smallest absolute Gasteiger partial charge is 0.258 e. The maximum absolute atomic E-state index is 13.5. The molecule has 1 saturated heterocycles. The lowest BCUT2D eigenvalue weighted by atomic mass is 10.1. The van der Waals surface area contributed by atoms with Crippen molar-refractivity contribution in [1.29, 1.82) is 0 Å². The van der Waals surface area contributed by atoms with Gasteiger partial charge in [-0.2, -0.15) is 0 Å². The van der Waals surface area contributed by atoms with E-state index in [1.807, 2.05) is 0 Å². The van der Waals surface area contributed by atoms with Crippen LogP contribution in [0.3, 0.4) is 0 Å². The number of carbonyl (C=O) groups is 2. The van der Waals surface area contributed by atoms with Gasteiger partial charge < -0.3 is 19.8 Å². The molecule has 0 aliphatic carbocycles. The van der Waals surface area contributed by atoms with E-state index in [-0.39, 0.29) is 28.8 Å². The first-order valence-electron chi connectivity index (χ1n) is 8.16. The molecule has 0 saturated carbocycles. The summed E-state index contributed by atoms with van der Waals surface area (Å²) < 4.78 is 23.9. The van der Waals surface area contributed by atoms with Crippen LogP contribution in [-0.4, -0.2) is 31.1 Å². The van der Waals surface area contributed by atoms with E-state index >= 15 is 0 Å². The Morgan fingerprint density at radius 1 is 1.24 bits per heavy atom. The number of rotatable bonds is 6. The van der Waals surface area contributed by atoms with E-state index in [4.69, 9.17) is 9.15 Å². The third kappa shape index (κ3) is 4.45. The van der Waals surface area contributed by atoms with Gasteiger partial charge in [0.15, 0.2) is 0 Å². The molecule has 1 aliphatic heterocycles. The Kier molecular flexibility index (Phi) is 5.45. The Bertz CT molecular complexity index is 740. The van der Waals surface area contributed by atoms with Crippen molar-refractivity contribution in [3.05, 3.63) is 53.7 Å². The Balaban J connectivity index is 1.65. The summed E-state index contributed by atoms with van der Waals surface area (Å²) in [5, 5.41) is 5.32. The fourth-order valence-corrected chi connectivity index (χ4v) is 2.72. The molecule has 1 aromatic carbocycles. The van der Waals surface area contributed by atoms with Gasteiger partial charge in [0.1, 0.15) is 12.1 Å². The molecule has 25 heavy (non-hydrogen) atoms. The van der Waals surface area contributed by atoms with E-state index in [0.29, 0.717) is 6.54 Å². The summed E-state index contributed by atoms with van der Waals surface area (Å²) in [6.07, 6.45) is 5.58. The van der Waals surface area contributed by atoms with Gasteiger partial charge in [0, 0.05) is 13.2 Å². The van der Waals surface area contributed by atoms with Gasteiger partial charge in [-0.15, -0.1) is 0 Å². The van der Waals surface area contributed by atoms with Crippen LogP contribution in [0.4, 0.5) is 10.1 Å². The maximum Gasteiger partial charge on any atom is 0.258 e. The molecule has 3 rings (SSSR count). The monoisotopic (exact) mass is 346 g/mol. The lowest BCUT2D eigenvalue weighted by Gasteiger charge is -2.13. The zero-order chi connectivity index (χ0) is 17.6. The number of anilines is 1. The van der Waals surface area contributed by atoms with Crippen molar-refractivity contribution in [1.82, 2.24) is 5.32 Å². The SMILES string of the molecule is O=C(Nc1cc(F)ccc1C(=O)NCCC1CCCO1)c1ccoc1. The average Bonchev–Trinajstić information content (AvgIpc) is 3.28. The van der Waals surface area contributed by atoms with Crippen LogP contribution in [0.5, 0.6) is 0 Å². The largest absolute Gasteiger partial charge is 0.472 e. The van der Waals surface area contributed by atoms with Gasteiger partial charge >= 0.3 is 0 Å². The second-order valence-electron chi connectivity index (χ2n) is 5.84. The van der Waals surface area contributed by atoms with Crippen molar-refractivity contribution >= 4 is 17.5 Å². The molecule has 1 aromatic heterocycles. The van der Waals surface area contributed by atoms with Crippen LogP contribution in [0.15, 0.2) is 41.2 Å². The molecule has 6 nitrogen and oxygen atoms in total. The molecular formula is C18H19FN2O4. The molecule has 1 atom stereocenters. The molecule has 1 unspecified atom stereocenters.